The van der Waals surface area contributed by atoms with Gasteiger partial charge in [-0.2, -0.15) is 0 Å². The molecule has 0 bridgehead atoms. The standard InChI is InChI=1S/C15H13N3OS2/c1-10-4-2-3-5-11(10)18-13(19)8-21-15-14-12(6-7-20-14)16-9-17-15/h2-7,9H,8H2,1H3,(H,18,19). The Labute approximate surface area is 130 Å². The Morgan fingerprint density at radius 1 is 1.29 bits per heavy atom. The first-order valence-corrected chi connectivity index (χ1v) is 8.27. The third kappa shape index (κ3) is 3.22. The normalized spacial score (nSPS) is 10.7. The number of carbonyl (C=O) groups is 1. The predicted molar refractivity (Wildman–Crippen MR) is 87.9 cm³/mol. The van der Waals surface area contributed by atoms with Gasteiger partial charge in [-0.3, -0.25) is 4.79 Å². The fourth-order valence-electron chi connectivity index (χ4n) is 1.90. The topological polar surface area (TPSA) is 54.9 Å². The Bertz CT molecular complexity index is 785. The number of hydrogen-bond acceptors (Lipinski definition) is 5. The van der Waals surface area contributed by atoms with Gasteiger partial charge in [0, 0.05) is 5.69 Å². The van der Waals surface area contributed by atoms with E-state index < -0.39 is 0 Å². The first-order valence-electron chi connectivity index (χ1n) is 6.40. The number of nitrogens with one attached hydrogen (secondary N) is 1. The molecule has 6 heteroatoms. The molecule has 0 radical (unpaired) electrons. The van der Waals surface area contributed by atoms with Crippen LogP contribution in [-0.2, 0) is 4.79 Å². The van der Waals surface area contributed by atoms with Gasteiger partial charge in [-0.1, -0.05) is 30.0 Å². The Hall–Kier alpha value is -1.92. The summed E-state index contributed by atoms with van der Waals surface area (Å²) in [5.74, 6) is 0.302. The van der Waals surface area contributed by atoms with E-state index >= 15 is 0 Å². The number of hydrogen-bond donors (Lipinski definition) is 1. The molecule has 106 valence electrons. The van der Waals surface area contributed by atoms with Crippen LogP contribution in [0.5, 0.6) is 0 Å². The van der Waals surface area contributed by atoms with Gasteiger partial charge in [-0.05, 0) is 30.0 Å². The fraction of sp³-hybridized carbons (Fsp3) is 0.133. The molecule has 1 aromatic carbocycles. The molecule has 0 atom stereocenters. The van der Waals surface area contributed by atoms with E-state index in [1.165, 1.54) is 18.1 Å². The number of carbonyl (C=O) groups excluding carboxylic acids is 1. The minimum absolute atomic E-state index is 0.0300. The van der Waals surface area contributed by atoms with Crippen molar-refractivity contribution in [3.63, 3.8) is 0 Å². The highest BCUT2D eigenvalue weighted by atomic mass is 32.2. The van der Waals surface area contributed by atoms with Crippen LogP contribution in [0.1, 0.15) is 5.56 Å². The lowest BCUT2D eigenvalue weighted by Gasteiger charge is -2.07. The van der Waals surface area contributed by atoms with Crippen molar-refractivity contribution in [2.75, 3.05) is 11.1 Å². The SMILES string of the molecule is Cc1ccccc1NC(=O)CSc1ncnc2ccsc12. The molecular weight excluding hydrogens is 302 g/mol. The molecule has 0 aliphatic carbocycles. The van der Waals surface area contributed by atoms with Gasteiger partial charge in [-0.25, -0.2) is 9.97 Å². The van der Waals surface area contributed by atoms with E-state index in [1.54, 1.807) is 11.3 Å². The predicted octanol–water partition coefficient (Wildman–Crippen LogP) is 3.73. The summed E-state index contributed by atoms with van der Waals surface area (Å²) in [6.07, 6.45) is 1.54. The maximum absolute atomic E-state index is 12.0. The van der Waals surface area contributed by atoms with E-state index in [0.717, 1.165) is 26.5 Å². The van der Waals surface area contributed by atoms with Crippen LogP contribution in [0.4, 0.5) is 5.69 Å². The molecule has 1 N–H and O–H groups in total. The summed E-state index contributed by atoms with van der Waals surface area (Å²) in [4.78, 5) is 20.5. The number of fused-ring (bicyclic) bond motifs is 1. The monoisotopic (exact) mass is 315 g/mol. The molecule has 0 aliphatic heterocycles. The van der Waals surface area contributed by atoms with Gasteiger partial charge in [-0.15, -0.1) is 11.3 Å². The Balaban J connectivity index is 1.66. The van der Waals surface area contributed by atoms with Gasteiger partial charge in [0.25, 0.3) is 0 Å². The van der Waals surface area contributed by atoms with E-state index in [2.05, 4.69) is 15.3 Å². The van der Waals surface area contributed by atoms with Crippen LogP contribution in [0.3, 0.4) is 0 Å². The minimum Gasteiger partial charge on any atom is -0.325 e. The van der Waals surface area contributed by atoms with Crippen LogP contribution >= 0.6 is 23.1 Å². The van der Waals surface area contributed by atoms with E-state index in [0.29, 0.717) is 5.75 Å². The highest BCUT2D eigenvalue weighted by Crippen LogP contribution is 2.28. The zero-order chi connectivity index (χ0) is 14.7. The number of para-hydroxylation sites is 1. The highest BCUT2D eigenvalue weighted by molar-refractivity contribution is 8.00. The molecule has 21 heavy (non-hydrogen) atoms. The van der Waals surface area contributed by atoms with Gasteiger partial charge in [0.2, 0.25) is 5.91 Å². The number of benzene rings is 1. The lowest BCUT2D eigenvalue weighted by atomic mass is 10.2. The largest absolute Gasteiger partial charge is 0.325 e. The van der Waals surface area contributed by atoms with Crippen molar-refractivity contribution >= 4 is 44.9 Å². The van der Waals surface area contributed by atoms with Crippen LogP contribution in [0.25, 0.3) is 10.2 Å². The molecule has 2 heterocycles. The Morgan fingerprint density at radius 3 is 3.00 bits per heavy atom. The van der Waals surface area contributed by atoms with Gasteiger partial charge < -0.3 is 5.32 Å². The van der Waals surface area contributed by atoms with Crippen molar-refractivity contribution in [1.82, 2.24) is 9.97 Å². The van der Waals surface area contributed by atoms with Crippen LogP contribution in [-0.4, -0.2) is 21.6 Å². The molecular formula is C15H13N3OS2. The number of aromatic nitrogens is 2. The zero-order valence-corrected chi connectivity index (χ0v) is 13.0. The molecule has 1 amide bonds. The lowest BCUT2D eigenvalue weighted by molar-refractivity contribution is -0.113. The number of thioether (sulfide) groups is 1. The maximum atomic E-state index is 12.0. The van der Waals surface area contributed by atoms with E-state index in [1.807, 2.05) is 42.6 Å². The second-order valence-electron chi connectivity index (χ2n) is 4.47. The first-order chi connectivity index (χ1) is 10.2. The summed E-state index contributed by atoms with van der Waals surface area (Å²) in [6, 6.07) is 9.70. The smallest absolute Gasteiger partial charge is 0.234 e. The quantitative estimate of drug-likeness (QED) is 0.589. The molecule has 4 nitrogen and oxygen atoms in total. The molecule has 0 unspecified atom stereocenters. The lowest BCUT2D eigenvalue weighted by Crippen LogP contribution is -2.14. The number of aryl methyl sites for hydroxylation is 1. The molecule has 0 aliphatic rings. The van der Waals surface area contributed by atoms with Crippen molar-refractivity contribution in [3.05, 3.63) is 47.6 Å². The summed E-state index contributed by atoms with van der Waals surface area (Å²) in [5.41, 5.74) is 2.84. The van der Waals surface area contributed by atoms with E-state index in [-0.39, 0.29) is 5.91 Å². The second-order valence-corrected chi connectivity index (χ2v) is 6.35. The molecule has 0 saturated carbocycles. The van der Waals surface area contributed by atoms with Crippen molar-refractivity contribution in [2.45, 2.75) is 11.9 Å². The van der Waals surface area contributed by atoms with Crippen LogP contribution in [0.2, 0.25) is 0 Å². The number of amides is 1. The Morgan fingerprint density at radius 2 is 2.14 bits per heavy atom. The summed E-state index contributed by atoms with van der Waals surface area (Å²) in [6.45, 7) is 1.97. The van der Waals surface area contributed by atoms with Crippen LogP contribution < -0.4 is 5.32 Å². The maximum Gasteiger partial charge on any atom is 0.234 e. The van der Waals surface area contributed by atoms with Crippen molar-refractivity contribution in [3.8, 4) is 0 Å². The number of anilines is 1. The number of thiophene rings is 1. The second kappa shape index (κ2) is 6.24. The number of nitrogens with zero attached hydrogens (tertiary/aromatic N) is 2. The fourth-order valence-corrected chi connectivity index (χ4v) is 3.65. The van der Waals surface area contributed by atoms with E-state index in [9.17, 15) is 4.79 Å². The van der Waals surface area contributed by atoms with Crippen molar-refractivity contribution in [2.24, 2.45) is 0 Å². The highest BCUT2D eigenvalue weighted by Gasteiger charge is 2.09. The third-order valence-electron chi connectivity index (χ3n) is 2.97. The first kappa shape index (κ1) is 14.0. The van der Waals surface area contributed by atoms with Gasteiger partial charge in [0.15, 0.2) is 0 Å². The van der Waals surface area contributed by atoms with Gasteiger partial charge in [0.05, 0.1) is 16.0 Å². The molecule has 0 saturated heterocycles. The Kier molecular flexibility index (Phi) is 4.17. The summed E-state index contributed by atoms with van der Waals surface area (Å²) < 4.78 is 1.03. The molecule has 2 aromatic heterocycles. The van der Waals surface area contributed by atoms with E-state index in [4.69, 9.17) is 0 Å². The van der Waals surface area contributed by atoms with Gasteiger partial charge in [0.1, 0.15) is 11.4 Å². The van der Waals surface area contributed by atoms with Gasteiger partial charge >= 0.3 is 0 Å². The molecule has 3 aromatic rings. The molecule has 0 fully saturated rings. The third-order valence-corrected chi connectivity index (χ3v) is 5.00. The minimum atomic E-state index is -0.0300. The summed E-state index contributed by atoms with van der Waals surface area (Å²) >= 11 is 3.03. The summed E-state index contributed by atoms with van der Waals surface area (Å²) in [5, 5.41) is 5.76. The molecule has 3 rings (SSSR count). The average molecular weight is 315 g/mol. The summed E-state index contributed by atoms with van der Waals surface area (Å²) in [7, 11) is 0. The van der Waals surface area contributed by atoms with Crippen LogP contribution in [0, 0.1) is 6.92 Å². The molecule has 0 spiro atoms. The number of rotatable bonds is 4. The zero-order valence-electron chi connectivity index (χ0n) is 11.4. The van der Waals surface area contributed by atoms with Crippen LogP contribution in [0.15, 0.2) is 47.1 Å². The van der Waals surface area contributed by atoms with Crippen molar-refractivity contribution < 1.29 is 4.79 Å². The average Bonchev–Trinajstić information content (AvgIpc) is 2.96. The van der Waals surface area contributed by atoms with Crippen molar-refractivity contribution in [1.29, 1.82) is 0 Å².